The standard InChI is InChI=1S/C44H72O20/c1-20(15-17-45)12-10-14-23(4)40(55)62-39-38(64-43-35(53)33(51)29(47)25(6)60-43)31(49)27(8)61-44(39)63-37-30(48)26(7)59-42(36(37)54)56-18-16-21(2)11-9-13-22(3)19-57-41-34(52)32(50)28(46)24(5)58-41/h13-16,24-39,41-54H,9-12,17-19H2,1-8H3/b20-15-,21-16+,22-13+,23-14+/t24-,25-,26-,27-,28-,29-,30-,31-,32+,33+,34+,35+,36+,37+,38+,39+,41+,42+,43-,44-/m0/s1. The number of allylic oxidation sites excluding steroid dienone is 4. The molecule has 20 nitrogen and oxygen atoms in total. The Kier molecular flexibility index (Phi) is 21.4. The first-order valence-corrected chi connectivity index (χ1v) is 21.9. The van der Waals surface area contributed by atoms with Crippen molar-refractivity contribution in [1.29, 1.82) is 0 Å². The van der Waals surface area contributed by atoms with E-state index in [2.05, 4.69) is 0 Å². The van der Waals surface area contributed by atoms with E-state index in [0.29, 0.717) is 25.7 Å². The molecule has 10 N–H and O–H groups in total. The molecule has 4 fully saturated rings. The van der Waals surface area contributed by atoms with Crippen molar-refractivity contribution in [2.75, 3.05) is 19.8 Å². The first-order chi connectivity index (χ1) is 30.2. The van der Waals surface area contributed by atoms with Gasteiger partial charge in [0.25, 0.3) is 0 Å². The maximum absolute atomic E-state index is 13.6. The van der Waals surface area contributed by atoms with Gasteiger partial charge in [-0.3, -0.25) is 0 Å². The van der Waals surface area contributed by atoms with Crippen LogP contribution in [0, 0.1) is 0 Å². The summed E-state index contributed by atoms with van der Waals surface area (Å²) in [5.41, 5.74) is 2.87. The monoisotopic (exact) mass is 920 g/mol. The van der Waals surface area contributed by atoms with Gasteiger partial charge >= 0.3 is 5.97 Å². The van der Waals surface area contributed by atoms with Crippen LogP contribution in [0.5, 0.6) is 0 Å². The summed E-state index contributed by atoms with van der Waals surface area (Å²) in [6.45, 7) is 13.1. The third-order valence-electron chi connectivity index (χ3n) is 11.9. The zero-order chi connectivity index (χ0) is 47.6. The van der Waals surface area contributed by atoms with Crippen molar-refractivity contribution in [3.05, 3.63) is 46.6 Å². The Morgan fingerprint density at radius 1 is 0.484 bits per heavy atom. The van der Waals surface area contributed by atoms with E-state index in [1.54, 1.807) is 32.1 Å². The lowest BCUT2D eigenvalue weighted by Gasteiger charge is -2.48. The number of hydrogen-bond acceptors (Lipinski definition) is 20. The van der Waals surface area contributed by atoms with Gasteiger partial charge in [-0.2, -0.15) is 0 Å². The fourth-order valence-electron chi connectivity index (χ4n) is 7.54. The number of esters is 1. The second-order valence-electron chi connectivity index (χ2n) is 17.3. The van der Waals surface area contributed by atoms with E-state index in [9.17, 15) is 55.9 Å². The van der Waals surface area contributed by atoms with Gasteiger partial charge in [-0.1, -0.05) is 41.0 Å². The van der Waals surface area contributed by atoms with E-state index < -0.39 is 129 Å². The smallest absolute Gasteiger partial charge is 0.333 e. The van der Waals surface area contributed by atoms with Crippen molar-refractivity contribution >= 4 is 5.97 Å². The molecule has 4 saturated heterocycles. The van der Waals surface area contributed by atoms with Gasteiger partial charge in [0.15, 0.2) is 31.3 Å². The SMILES string of the molecule is C/C(=C/CO)CC/C=C(\C)C(=O)O[C@H]1[C@H](O[C@@H]2[C@@H](O)[C@H](C)O[C@@H](OC/C=C(\C)CC/C=C(\C)CO[C@@H]3O[C@@H](C)[C@H](O)[C@@H](O)[C@H]3O)[C@@H]2O)O[C@@H](C)[C@H](O)[C@H]1O[C@@H]1O[C@@H](C)[C@H](O)[C@@H](O)[C@H]1O. The summed E-state index contributed by atoms with van der Waals surface area (Å²) < 4.78 is 52.6. The minimum absolute atomic E-state index is 0.00108. The molecule has 20 atom stereocenters. The molecule has 0 spiro atoms. The number of carbonyl (C=O) groups excluding carboxylic acids is 1. The molecule has 20 heteroatoms. The highest BCUT2D eigenvalue weighted by atomic mass is 16.8. The first-order valence-electron chi connectivity index (χ1n) is 21.9. The number of ether oxygens (including phenoxy) is 9. The summed E-state index contributed by atoms with van der Waals surface area (Å²) in [7, 11) is 0. The van der Waals surface area contributed by atoms with Crippen molar-refractivity contribution in [3.63, 3.8) is 0 Å². The van der Waals surface area contributed by atoms with Crippen LogP contribution in [0.15, 0.2) is 46.6 Å². The molecule has 4 aliphatic rings. The summed E-state index contributed by atoms with van der Waals surface area (Å²) in [6, 6.07) is 0. The summed E-state index contributed by atoms with van der Waals surface area (Å²) in [4.78, 5) is 13.6. The van der Waals surface area contributed by atoms with E-state index in [-0.39, 0.29) is 25.4 Å². The first kappa shape index (κ1) is 54.3. The molecule has 0 saturated carbocycles. The fourth-order valence-corrected chi connectivity index (χ4v) is 7.54. The average molecular weight is 921 g/mol. The van der Waals surface area contributed by atoms with Crippen LogP contribution in [-0.2, 0) is 47.4 Å². The normalized spacial score (nSPS) is 41.8. The third-order valence-corrected chi connectivity index (χ3v) is 11.9. The predicted octanol–water partition coefficient (Wildman–Crippen LogP) is -0.733. The second-order valence-corrected chi connectivity index (χ2v) is 17.3. The van der Waals surface area contributed by atoms with Gasteiger partial charge in [0, 0.05) is 5.57 Å². The van der Waals surface area contributed by atoms with Gasteiger partial charge in [0.2, 0.25) is 0 Å². The maximum atomic E-state index is 13.6. The molecule has 0 aromatic carbocycles. The lowest BCUT2D eigenvalue weighted by molar-refractivity contribution is -0.375. The molecule has 368 valence electrons. The average Bonchev–Trinajstić information content (AvgIpc) is 3.25. The van der Waals surface area contributed by atoms with Crippen molar-refractivity contribution in [1.82, 2.24) is 0 Å². The molecule has 64 heavy (non-hydrogen) atoms. The Balaban J connectivity index is 1.44. The minimum atomic E-state index is -1.78. The topological polar surface area (TPSA) is 302 Å². The van der Waals surface area contributed by atoms with Crippen LogP contribution in [0.1, 0.15) is 81.1 Å². The summed E-state index contributed by atoms with van der Waals surface area (Å²) in [6.07, 6.45) is -18.3. The van der Waals surface area contributed by atoms with E-state index >= 15 is 0 Å². The molecule has 0 bridgehead atoms. The Hall–Kier alpha value is -2.29. The van der Waals surface area contributed by atoms with Gasteiger partial charge in [0.1, 0.15) is 67.1 Å². The highest BCUT2D eigenvalue weighted by molar-refractivity contribution is 5.87. The van der Waals surface area contributed by atoms with Crippen molar-refractivity contribution < 1.29 is 98.5 Å². The highest BCUT2D eigenvalue weighted by Gasteiger charge is 2.54. The fraction of sp³-hybridized carbons (Fsp3) is 0.795. The summed E-state index contributed by atoms with van der Waals surface area (Å²) in [5, 5.41) is 105. The predicted molar refractivity (Wildman–Crippen MR) is 224 cm³/mol. The Morgan fingerprint density at radius 3 is 1.55 bits per heavy atom. The second kappa shape index (κ2) is 25.2. The van der Waals surface area contributed by atoms with Crippen LogP contribution in [-0.4, -0.2) is 200 Å². The zero-order valence-corrected chi connectivity index (χ0v) is 37.9. The summed E-state index contributed by atoms with van der Waals surface area (Å²) >= 11 is 0. The van der Waals surface area contributed by atoms with Crippen molar-refractivity contribution in [2.45, 2.75) is 204 Å². The lowest BCUT2D eigenvalue weighted by atomic mass is 9.96. The largest absolute Gasteiger partial charge is 0.451 e. The van der Waals surface area contributed by atoms with E-state index in [1.807, 2.05) is 26.8 Å². The lowest BCUT2D eigenvalue weighted by Crippen LogP contribution is -2.66. The van der Waals surface area contributed by atoms with Gasteiger partial charge in [0.05, 0.1) is 44.2 Å². The number of aliphatic hydroxyl groups is 10. The van der Waals surface area contributed by atoms with Crippen molar-refractivity contribution in [3.8, 4) is 0 Å². The number of carbonyl (C=O) groups is 1. The van der Waals surface area contributed by atoms with E-state index in [0.717, 1.165) is 16.7 Å². The van der Waals surface area contributed by atoms with Crippen molar-refractivity contribution in [2.24, 2.45) is 0 Å². The molecule has 0 aliphatic carbocycles. The Bertz CT molecular complexity index is 1590. The van der Waals surface area contributed by atoms with E-state index in [4.69, 9.17) is 42.6 Å². The summed E-state index contributed by atoms with van der Waals surface area (Å²) in [5.74, 6) is -0.857. The van der Waals surface area contributed by atoms with Gasteiger partial charge in [-0.15, -0.1) is 0 Å². The molecule has 0 amide bonds. The Morgan fingerprint density at radius 2 is 0.953 bits per heavy atom. The van der Waals surface area contributed by atoms with Crippen LogP contribution in [0.3, 0.4) is 0 Å². The molecule has 4 rings (SSSR count). The molecule has 0 radical (unpaired) electrons. The Labute approximate surface area is 374 Å². The third kappa shape index (κ3) is 14.4. The quantitative estimate of drug-likeness (QED) is 0.0434. The number of hydrogen-bond donors (Lipinski definition) is 10. The molecule has 0 aromatic heterocycles. The molecule has 4 heterocycles. The van der Waals surface area contributed by atoms with Crippen LogP contribution >= 0.6 is 0 Å². The van der Waals surface area contributed by atoms with Crippen LogP contribution in [0.2, 0.25) is 0 Å². The zero-order valence-electron chi connectivity index (χ0n) is 37.9. The highest BCUT2D eigenvalue weighted by Crippen LogP contribution is 2.34. The molecule has 0 unspecified atom stereocenters. The minimum Gasteiger partial charge on any atom is -0.451 e. The van der Waals surface area contributed by atoms with Gasteiger partial charge in [-0.05, 0) is 81.1 Å². The maximum Gasteiger partial charge on any atom is 0.333 e. The van der Waals surface area contributed by atoms with E-state index in [1.165, 1.54) is 20.8 Å². The van der Waals surface area contributed by atoms with Crippen LogP contribution < -0.4 is 0 Å². The van der Waals surface area contributed by atoms with Gasteiger partial charge in [-0.25, -0.2) is 4.79 Å². The van der Waals surface area contributed by atoms with Gasteiger partial charge < -0.3 is 93.7 Å². The van der Waals surface area contributed by atoms with Crippen LogP contribution in [0.4, 0.5) is 0 Å². The molecular formula is C44H72O20. The molecular weight excluding hydrogens is 848 g/mol. The number of aliphatic hydroxyl groups excluding tert-OH is 10. The molecule has 4 aliphatic heterocycles. The number of rotatable bonds is 19. The van der Waals surface area contributed by atoms with Crippen LogP contribution in [0.25, 0.3) is 0 Å². The molecule has 0 aromatic rings.